The van der Waals surface area contributed by atoms with Crippen LogP contribution in [0.25, 0.3) is 0 Å². The number of amides is 1. The smallest absolute Gasteiger partial charge is 0.271 e. The normalized spacial score (nSPS) is 21.7. The minimum Gasteiger partial charge on any atom is -0.493 e. The number of piperidine rings is 1. The van der Waals surface area contributed by atoms with Crippen LogP contribution in [-0.4, -0.2) is 48.8 Å². The molecule has 2 aromatic rings. The van der Waals surface area contributed by atoms with Gasteiger partial charge in [-0.1, -0.05) is 13.8 Å². The van der Waals surface area contributed by atoms with Crippen LogP contribution in [0.1, 0.15) is 54.2 Å². The molecule has 7 nitrogen and oxygen atoms in total. The van der Waals surface area contributed by atoms with Gasteiger partial charge in [-0.05, 0) is 54.2 Å². The fraction of sp³-hybridized carbons (Fsp3) is 0.480. The highest BCUT2D eigenvalue weighted by molar-refractivity contribution is 5.96. The van der Waals surface area contributed by atoms with Crippen molar-refractivity contribution in [2.75, 3.05) is 27.3 Å². The summed E-state index contributed by atoms with van der Waals surface area (Å²) in [5, 5.41) is 4.65. The van der Waals surface area contributed by atoms with Crippen molar-refractivity contribution in [2.24, 2.45) is 16.9 Å². The summed E-state index contributed by atoms with van der Waals surface area (Å²) in [6.45, 7) is 6.43. The lowest BCUT2D eigenvalue weighted by molar-refractivity contribution is 0.0952. The van der Waals surface area contributed by atoms with Gasteiger partial charge in [0.15, 0.2) is 11.5 Å². The first-order chi connectivity index (χ1) is 15.5. The molecule has 0 spiro atoms. The number of aromatic nitrogens is 1. The van der Waals surface area contributed by atoms with E-state index in [1.807, 2.05) is 0 Å². The molecule has 1 saturated heterocycles. The lowest BCUT2D eigenvalue weighted by atomic mass is 9.79. The van der Waals surface area contributed by atoms with E-state index in [-0.39, 0.29) is 11.9 Å². The molecule has 2 aliphatic heterocycles. The lowest BCUT2D eigenvalue weighted by Crippen LogP contribution is -2.47. The van der Waals surface area contributed by atoms with Crippen LogP contribution in [0.5, 0.6) is 11.5 Å². The average Bonchev–Trinajstić information content (AvgIpc) is 2.81. The largest absolute Gasteiger partial charge is 0.493 e. The number of fused-ring (bicyclic) bond motifs is 3. The van der Waals surface area contributed by atoms with E-state index in [2.05, 4.69) is 46.4 Å². The van der Waals surface area contributed by atoms with Crippen molar-refractivity contribution in [2.45, 2.75) is 39.2 Å². The summed E-state index contributed by atoms with van der Waals surface area (Å²) in [4.78, 5) is 19.1. The van der Waals surface area contributed by atoms with E-state index in [1.54, 1.807) is 38.7 Å². The molecule has 4 rings (SSSR count). The fourth-order valence-electron chi connectivity index (χ4n) is 4.90. The number of carbonyl (C=O) groups is 1. The Kier molecular flexibility index (Phi) is 6.74. The molecule has 7 heteroatoms. The molecular weight excluding hydrogens is 404 g/mol. The standard InChI is InChI=1S/C25H32N4O3/c1-16(2)11-19-15-29-10-7-18-12-23(31-3)24(32-4)13-20(18)22(29)14-21(19)27-28-25(30)17-5-8-26-9-6-17/h5-6,8-9,12-13,16,19,22H,7,10-11,14-15H2,1-4H3,(H,28,30)/b27-21+. The van der Waals surface area contributed by atoms with Crippen molar-refractivity contribution in [1.82, 2.24) is 15.3 Å². The van der Waals surface area contributed by atoms with Crippen molar-refractivity contribution in [3.05, 3.63) is 53.3 Å². The highest BCUT2D eigenvalue weighted by Crippen LogP contribution is 2.42. The van der Waals surface area contributed by atoms with Crippen LogP contribution in [0.4, 0.5) is 0 Å². The highest BCUT2D eigenvalue weighted by Gasteiger charge is 2.37. The Hall–Kier alpha value is -2.93. The van der Waals surface area contributed by atoms with E-state index < -0.39 is 0 Å². The Balaban J connectivity index is 1.62. The average molecular weight is 437 g/mol. The number of nitrogens with zero attached hydrogens (tertiary/aromatic N) is 3. The van der Waals surface area contributed by atoms with Gasteiger partial charge < -0.3 is 9.47 Å². The third kappa shape index (κ3) is 4.63. The first-order valence-electron chi connectivity index (χ1n) is 11.3. The van der Waals surface area contributed by atoms with Gasteiger partial charge in [-0.15, -0.1) is 0 Å². The summed E-state index contributed by atoms with van der Waals surface area (Å²) in [6.07, 6.45) is 6.06. The van der Waals surface area contributed by atoms with E-state index in [4.69, 9.17) is 9.47 Å². The summed E-state index contributed by atoms with van der Waals surface area (Å²) < 4.78 is 11.1. The second-order valence-electron chi connectivity index (χ2n) is 8.98. The fourth-order valence-corrected chi connectivity index (χ4v) is 4.90. The molecule has 170 valence electrons. The molecule has 32 heavy (non-hydrogen) atoms. The van der Waals surface area contributed by atoms with Crippen LogP contribution in [-0.2, 0) is 6.42 Å². The zero-order valence-corrected chi connectivity index (χ0v) is 19.3. The maximum Gasteiger partial charge on any atom is 0.271 e. The number of nitrogens with one attached hydrogen (secondary N) is 1. The number of hydrazone groups is 1. The van der Waals surface area contributed by atoms with Crippen LogP contribution >= 0.6 is 0 Å². The van der Waals surface area contributed by atoms with Crippen molar-refractivity contribution >= 4 is 11.6 Å². The van der Waals surface area contributed by atoms with E-state index in [0.717, 1.165) is 49.6 Å². The zero-order valence-electron chi connectivity index (χ0n) is 19.3. The Bertz CT molecular complexity index is 990. The quantitative estimate of drug-likeness (QED) is 0.696. The van der Waals surface area contributed by atoms with Gasteiger partial charge in [-0.2, -0.15) is 5.10 Å². The van der Waals surface area contributed by atoms with Gasteiger partial charge in [0.1, 0.15) is 0 Å². The number of carbonyl (C=O) groups excluding carboxylic acids is 1. The van der Waals surface area contributed by atoms with Crippen LogP contribution in [0.15, 0.2) is 41.8 Å². The van der Waals surface area contributed by atoms with Gasteiger partial charge in [0.05, 0.1) is 14.2 Å². The van der Waals surface area contributed by atoms with Crippen molar-refractivity contribution in [3.8, 4) is 11.5 Å². The summed E-state index contributed by atoms with van der Waals surface area (Å²) in [5.74, 6) is 2.19. The van der Waals surface area contributed by atoms with Gasteiger partial charge in [0, 0.05) is 55.1 Å². The Labute approximate surface area is 189 Å². The predicted molar refractivity (Wildman–Crippen MR) is 124 cm³/mol. The van der Waals surface area contributed by atoms with E-state index >= 15 is 0 Å². The first kappa shape index (κ1) is 22.3. The lowest BCUT2D eigenvalue weighted by Gasteiger charge is -2.44. The van der Waals surface area contributed by atoms with Gasteiger partial charge in [-0.3, -0.25) is 14.7 Å². The molecule has 3 heterocycles. The van der Waals surface area contributed by atoms with Crippen LogP contribution in [0.2, 0.25) is 0 Å². The van der Waals surface area contributed by atoms with Gasteiger partial charge in [0.2, 0.25) is 0 Å². The van der Waals surface area contributed by atoms with E-state index in [0.29, 0.717) is 17.4 Å². The molecule has 1 fully saturated rings. The molecule has 2 atom stereocenters. The third-order valence-corrected chi connectivity index (χ3v) is 6.44. The summed E-state index contributed by atoms with van der Waals surface area (Å²) >= 11 is 0. The highest BCUT2D eigenvalue weighted by atomic mass is 16.5. The molecule has 1 amide bonds. The van der Waals surface area contributed by atoms with Gasteiger partial charge >= 0.3 is 0 Å². The summed E-state index contributed by atoms with van der Waals surface area (Å²) in [7, 11) is 3.35. The number of rotatable bonds is 6. The minimum absolute atomic E-state index is 0.207. The topological polar surface area (TPSA) is 76.0 Å². The van der Waals surface area contributed by atoms with Crippen molar-refractivity contribution in [1.29, 1.82) is 0 Å². The number of ether oxygens (including phenoxy) is 2. The van der Waals surface area contributed by atoms with Crippen molar-refractivity contribution in [3.63, 3.8) is 0 Å². The van der Waals surface area contributed by atoms with E-state index in [9.17, 15) is 4.79 Å². The molecular formula is C25H32N4O3. The number of pyridine rings is 1. The minimum atomic E-state index is -0.207. The number of benzene rings is 1. The van der Waals surface area contributed by atoms with Crippen LogP contribution in [0, 0.1) is 11.8 Å². The molecule has 1 N–H and O–H groups in total. The predicted octanol–water partition coefficient (Wildman–Crippen LogP) is 3.85. The number of hydrogen-bond donors (Lipinski definition) is 1. The third-order valence-electron chi connectivity index (χ3n) is 6.44. The molecule has 0 bridgehead atoms. The maximum absolute atomic E-state index is 12.6. The Morgan fingerprint density at radius 2 is 1.94 bits per heavy atom. The monoisotopic (exact) mass is 436 g/mol. The van der Waals surface area contributed by atoms with Crippen molar-refractivity contribution < 1.29 is 14.3 Å². The molecule has 2 unspecified atom stereocenters. The SMILES string of the molecule is COc1cc2c(cc1OC)C1C/C(=N\NC(=O)c3ccncc3)C(CC(C)C)CN1CC2. The molecule has 0 radical (unpaired) electrons. The summed E-state index contributed by atoms with van der Waals surface area (Å²) in [6, 6.07) is 7.83. The van der Waals surface area contributed by atoms with Gasteiger partial charge in [0.25, 0.3) is 5.91 Å². The molecule has 0 aliphatic carbocycles. The first-order valence-corrected chi connectivity index (χ1v) is 11.3. The number of methoxy groups -OCH3 is 2. The van der Waals surface area contributed by atoms with E-state index in [1.165, 1.54) is 11.1 Å². The second kappa shape index (κ2) is 9.69. The second-order valence-corrected chi connectivity index (χ2v) is 8.98. The summed E-state index contributed by atoms with van der Waals surface area (Å²) in [5.41, 5.74) is 6.97. The molecule has 1 aromatic heterocycles. The zero-order chi connectivity index (χ0) is 22.7. The Morgan fingerprint density at radius 3 is 2.62 bits per heavy atom. The molecule has 1 aromatic carbocycles. The maximum atomic E-state index is 12.6. The van der Waals surface area contributed by atoms with Crippen LogP contribution < -0.4 is 14.9 Å². The van der Waals surface area contributed by atoms with Gasteiger partial charge in [-0.25, -0.2) is 5.43 Å². The number of hydrogen-bond acceptors (Lipinski definition) is 6. The molecule has 0 saturated carbocycles. The molecule has 2 aliphatic rings. The van der Waals surface area contributed by atoms with Crippen LogP contribution in [0.3, 0.4) is 0 Å². The Morgan fingerprint density at radius 1 is 1.22 bits per heavy atom.